The average Bonchev–Trinajstić information content (AvgIpc) is 2.43. The van der Waals surface area contributed by atoms with Crippen LogP contribution in [0.25, 0.3) is 0 Å². The Balaban J connectivity index is 2.25. The highest BCUT2D eigenvalue weighted by Gasteiger charge is 2.11. The highest BCUT2D eigenvalue weighted by Crippen LogP contribution is 2.19. The molecular weight excluding hydrogens is 245 g/mol. The van der Waals surface area contributed by atoms with Gasteiger partial charge in [-0.2, -0.15) is 0 Å². The summed E-state index contributed by atoms with van der Waals surface area (Å²) in [5.74, 6) is -0.235. The first-order valence-corrected chi connectivity index (χ1v) is 5.82. The second kappa shape index (κ2) is 5.48. The third-order valence-corrected chi connectivity index (χ3v) is 2.74. The van der Waals surface area contributed by atoms with Crippen molar-refractivity contribution < 1.29 is 9.18 Å². The molecular formula is C14H14FN3O. The van der Waals surface area contributed by atoms with Gasteiger partial charge in [0, 0.05) is 18.8 Å². The molecule has 0 unspecified atom stereocenters. The number of carbonyl (C=O) groups is 1. The van der Waals surface area contributed by atoms with Crippen molar-refractivity contribution in [2.24, 2.45) is 0 Å². The van der Waals surface area contributed by atoms with Crippen LogP contribution in [0.1, 0.15) is 15.9 Å². The number of aryl methyl sites for hydroxylation is 1. The third-order valence-electron chi connectivity index (χ3n) is 2.74. The number of para-hydroxylation sites is 1. The minimum atomic E-state index is -0.448. The van der Waals surface area contributed by atoms with E-state index in [9.17, 15) is 9.18 Å². The van der Waals surface area contributed by atoms with Crippen molar-refractivity contribution in [3.05, 3.63) is 53.5 Å². The summed E-state index contributed by atoms with van der Waals surface area (Å²) in [4.78, 5) is 16.1. The Morgan fingerprint density at radius 2 is 2.11 bits per heavy atom. The van der Waals surface area contributed by atoms with E-state index >= 15 is 0 Å². The Hall–Kier alpha value is -2.43. The van der Waals surface area contributed by atoms with Crippen LogP contribution in [-0.4, -0.2) is 17.9 Å². The van der Waals surface area contributed by atoms with Crippen molar-refractivity contribution in [1.29, 1.82) is 0 Å². The van der Waals surface area contributed by atoms with E-state index in [2.05, 4.69) is 15.6 Å². The van der Waals surface area contributed by atoms with E-state index < -0.39 is 5.82 Å². The van der Waals surface area contributed by atoms with E-state index in [1.807, 2.05) is 0 Å². The second-order valence-electron chi connectivity index (χ2n) is 4.07. The zero-order chi connectivity index (χ0) is 13.8. The molecule has 0 saturated carbocycles. The lowest BCUT2D eigenvalue weighted by Crippen LogP contribution is -2.14. The first-order valence-electron chi connectivity index (χ1n) is 5.82. The first kappa shape index (κ1) is 13.0. The fourth-order valence-corrected chi connectivity index (χ4v) is 1.68. The van der Waals surface area contributed by atoms with Gasteiger partial charge in [0.05, 0.1) is 5.69 Å². The second-order valence-corrected chi connectivity index (χ2v) is 4.07. The molecule has 0 saturated heterocycles. The van der Waals surface area contributed by atoms with Crippen LogP contribution in [0.15, 0.2) is 36.5 Å². The van der Waals surface area contributed by atoms with Crippen molar-refractivity contribution in [3.63, 3.8) is 0 Å². The molecule has 0 atom stereocenters. The lowest BCUT2D eigenvalue weighted by Gasteiger charge is -2.09. The van der Waals surface area contributed by atoms with Crippen LogP contribution in [0.3, 0.4) is 0 Å². The number of benzene rings is 1. The number of hydrogen-bond acceptors (Lipinski definition) is 3. The maximum absolute atomic E-state index is 13.6. The molecule has 1 amide bonds. The topological polar surface area (TPSA) is 54.0 Å². The van der Waals surface area contributed by atoms with E-state index in [1.165, 1.54) is 12.3 Å². The van der Waals surface area contributed by atoms with Gasteiger partial charge in [0.15, 0.2) is 0 Å². The number of carbonyl (C=O) groups excluding carboxylic acids is 1. The van der Waals surface area contributed by atoms with Crippen LogP contribution in [0.5, 0.6) is 0 Å². The van der Waals surface area contributed by atoms with Gasteiger partial charge in [0.2, 0.25) is 0 Å². The molecule has 1 aromatic heterocycles. The number of amides is 1. The normalized spacial score (nSPS) is 10.1. The molecule has 98 valence electrons. The SMILES string of the molecule is CNc1cc(C(=O)Nc2c(C)cccc2F)ccn1. The molecule has 0 aliphatic heterocycles. The Kier molecular flexibility index (Phi) is 3.75. The van der Waals surface area contributed by atoms with Crippen LogP contribution in [0.4, 0.5) is 15.9 Å². The van der Waals surface area contributed by atoms with E-state index in [4.69, 9.17) is 0 Å². The summed E-state index contributed by atoms with van der Waals surface area (Å²) >= 11 is 0. The zero-order valence-corrected chi connectivity index (χ0v) is 10.7. The predicted octanol–water partition coefficient (Wildman–Crippen LogP) is 2.82. The molecule has 0 spiro atoms. The van der Waals surface area contributed by atoms with Gasteiger partial charge in [0.1, 0.15) is 11.6 Å². The van der Waals surface area contributed by atoms with Crippen LogP contribution >= 0.6 is 0 Å². The Bertz CT molecular complexity index is 593. The molecule has 0 radical (unpaired) electrons. The number of nitrogens with zero attached hydrogens (tertiary/aromatic N) is 1. The van der Waals surface area contributed by atoms with Crippen LogP contribution in [0, 0.1) is 12.7 Å². The molecule has 4 nitrogen and oxygen atoms in total. The number of rotatable bonds is 3. The largest absolute Gasteiger partial charge is 0.373 e. The minimum Gasteiger partial charge on any atom is -0.373 e. The first-order chi connectivity index (χ1) is 9.11. The number of halogens is 1. The fraction of sp³-hybridized carbons (Fsp3) is 0.143. The highest BCUT2D eigenvalue weighted by molar-refractivity contribution is 6.05. The van der Waals surface area contributed by atoms with E-state index in [0.29, 0.717) is 16.9 Å². The molecule has 2 rings (SSSR count). The number of nitrogens with one attached hydrogen (secondary N) is 2. The van der Waals surface area contributed by atoms with Gasteiger partial charge in [-0.1, -0.05) is 12.1 Å². The molecule has 2 N–H and O–H groups in total. The predicted molar refractivity (Wildman–Crippen MR) is 72.9 cm³/mol. The van der Waals surface area contributed by atoms with Crippen molar-refractivity contribution in [2.45, 2.75) is 6.92 Å². The summed E-state index contributed by atoms with van der Waals surface area (Å²) in [6.45, 7) is 1.74. The molecule has 1 aromatic carbocycles. The van der Waals surface area contributed by atoms with Crippen molar-refractivity contribution in [3.8, 4) is 0 Å². The standard InChI is InChI=1S/C14H14FN3O/c1-9-4-3-5-11(15)13(9)18-14(19)10-6-7-17-12(8-10)16-2/h3-8H,1-2H3,(H,16,17)(H,18,19). The number of pyridine rings is 1. The van der Waals surface area contributed by atoms with Gasteiger partial charge < -0.3 is 10.6 Å². The van der Waals surface area contributed by atoms with Gasteiger partial charge in [0.25, 0.3) is 5.91 Å². The minimum absolute atomic E-state index is 0.204. The van der Waals surface area contributed by atoms with Gasteiger partial charge >= 0.3 is 0 Å². The lowest BCUT2D eigenvalue weighted by molar-refractivity contribution is 0.102. The van der Waals surface area contributed by atoms with Gasteiger partial charge in [-0.3, -0.25) is 4.79 Å². The number of aromatic nitrogens is 1. The fourth-order valence-electron chi connectivity index (χ4n) is 1.68. The van der Waals surface area contributed by atoms with E-state index in [1.54, 1.807) is 38.2 Å². The summed E-state index contributed by atoms with van der Waals surface area (Å²) in [5.41, 5.74) is 1.30. The van der Waals surface area contributed by atoms with Crippen LogP contribution < -0.4 is 10.6 Å². The molecule has 0 aliphatic carbocycles. The van der Waals surface area contributed by atoms with Crippen LogP contribution in [-0.2, 0) is 0 Å². The third kappa shape index (κ3) is 2.88. The highest BCUT2D eigenvalue weighted by atomic mass is 19.1. The molecule has 1 heterocycles. The summed E-state index contributed by atoms with van der Waals surface area (Å²) in [7, 11) is 1.71. The van der Waals surface area contributed by atoms with Crippen LogP contribution in [0.2, 0.25) is 0 Å². The zero-order valence-electron chi connectivity index (χ0n) is 10.7. The molecule has 0 fully saturated rings. The quantitative estimate of drug-likeness (QED) is 0.891. The molecule has 19 heavy (non-hydrogen) atoms. The number of hydrogen-bond donors (Lipinski definition) is 2. The van der Waals surface area contributed by atoms with Gasteiger partial charge in [-0.05, 0) is 30.7 Å². The molecule has 0 bridgehead atoms. The number of anilines is 2. The molecule has 0 aliphatic rings. The van der Waals surface area contributed by atoms with E-state index in [-0.39, 0.29) is 11.6 Å². The molecule has 5 heteroatoms. The Morgan fingerprint density at radius 3 is 2.79 bits per heavy atom. The monoisotopic (exact) mass is 259 g/mol. The van der Waals surface area contributed by atoms with Crippen molar-refractivity contribution >= 4 is 17.4 Å². The lowest BCUT2D eigenvalue weighted by atomic mass is 10.1. The van der Waals surface area contributed by atoms with Crippen molar-refractivity contribution in [1.82, 2.24) is 4.98 Å². The average molecular weight is 259 g/mol. The summed E-state index contributed by atoms with van der Waals surface area (Å²) in [6.07, 6.45) is 1.52. The van der Waals surface area contributed by atoms with Gasteiger partial charge in [-0.15, -0.1) is 0 Å². The maximum atomic E-state index is 13.6. The van der Waals surface area contributed by atoms with Crippen molar-refractivity contribution in [2.75, 3.05) is 17.7 Å². The Labute approximate surface area is 110 Å². The maximum Gasteiger partial charge on any atom is 0.255 e. The summed E-state index contributed by atoms with van der Waals surface area (Å²) in [5, 5.41) is 5.42. The smallest absolute Gasteiger partial charge is 0.255 e. The summed E-state index contributed by atoms with van der Waals surface area (Å²) in [6, 6.07) is 7.84. The summed E-state index contributed by atoms with van der Waals surface area (Å²) < 4.78 is 13.6. The Morgan fingerprint density at radius 1 is 1.32 bits per heavy atom. The van der Waals surface area contributed by atoms with E-state index in [0.717, 1.165) is 0 Å². The van der Waals surface area contributed by atoms with Gasteiger partial charge in [-0.25, -0.2) is 9.37 Å². The molecule has 2 aromatic rings.